The van der Waals surface area contributed by atoms with Crippen LogP contribution in [0.1, 0.15) is 34.2 Å². The van der Waals surface area contributed by atoms with Crippen molar-refractivity contribution in [1.82, 2.24) is 0 Å². The number of carbonyl (C=O) groups is 1. The van der Waals surface area contributed by atoms with E-state index in [0.717, 1.165) is 46.4 Å². The minimum Gasteiger partial charge on any atom is -0.493 e. The number of carboxylic acid groups (broad SMARTS) is 1. The molecule has 0 saturated heterocycles. The van der Waals surface area contributed by atoms with Gasteiger partial charge in [0.05, 0.1) is 24.7 Å². The molecule has 5 heteroatoms. The van der Waals surface area contributed by atoms with E-state index in [1.807, 2.05) is 61.5 Å². The van der Waals surface area contributed by atoms with E-state index in [2.05, 4.69) is 6.07 Å². The Kier molecular flexibility index (Phi) is 5.90. The van der Waals surface area contributed by atoms with Gasteiger partial charge in [0.25, 0.3) is 0 Å². The Morgan fingerprint density at radius 3 is 2.77 bits per heavy atom. The van der Waals surface area contributed by atoms with Gasteiger partial charge in [0.1, 0.15) is 18.1 Å². The van der Waals surface area contributed by atoms with Crippen LogP contribution in [0.3, 0.4) is 0 Å². The van der Waals surface area contributed by atoms with E-state index in [4.69, 9.17) is 9.47 Å². The lowest BCUT2D eigenvalue weighted by molar-refractivity contribution is -0.136. The maximum atomic E-state index is 11.4. The third-order valence-electron chi connectivity index (χ3n) is 5.47. The highest BCUT2D eigenvalue weighted by Gasteiger charge is 2.15. The van der Waals surface area contributed by atoms with Gasteiger partial charge in [0.2, 0.25) is 0 Å². The summed E-state index contributed by atoms with van der Waals surface area (Å²) in [5, 5.41) is 18.6. The lowest BCUT2D eigenvalue weighted by atomic mass is 9.96. The van der Waals surface area contributed by atoms with Crippen molar-refractivity contribution in [2.24, 2.45) is 0 Å². The van der Waals surface area contributed by atoms with E-state index in [1.165, 1.54) is 0 Å². The maximum Gasteiger partial charge on any atom is 0.307 e. The average molecular weight is 413 g/mol. The van der Waals surface area contributed by atoms with Gasteiger partial charge in [-0.25, -0.2) is 0 Å². The number of aryl methyl sites for hydroxylation is 2. The monoisotopic (exact) mass is 413 g/mol. The predicted octanol–water partition coefficient (Wildman–Crippen LogP) is 5.06. The van der Waals surface area contributed by atoms with Gasteiger partial charge in [-0.3, -0.25) is 4.79 Å². The molecule has 0 spiro atoms. The molecule has 1 aliphatic heterocycles. The molecule has 0 amide bonds. The number of rotatable bonds is 2. The fraction of sp³-hybridized carbons (Fsp3) is 0.231. The molecular formula is C26H23NO4. The Morgan fingerprint density at radius 1 is 1.10 bits per heavy atom. The van der Waals surface area contributed by atoms with Gasteiger partial charge in [-0.2, -0.15) is 5.26 Å². The van der Waals surface area contributed by atoms with Crippen molar-refractivity contribution in [3.8, 4) is 28.7 Å². The molecule has 156 valence electrons. The highest BCUT2D eigenvalue weighted by atomic mass is 16.5. The van der Waals surface area contributed by atoms with E-state index in [1.54, 1.807) is 0 Å². The Morgan fingerprint density at radius 2 is 1.97 bits per heavy atom. The second-order valence-electron chi connectivity index (χ2n) is 7.71. The highest BCUT2D eigenvalue weighted by molar-refractivity contribution is 5.75. The second kappa shape index (κ2) is 8.93. The molecule has 0 saturated carbocycles. The summed E-state index contributed by atoms with van der Waals surface area (Å²) in [6.45, 7) is 2.85. The first-order valence-electron chi connectivity index (χ1n) is 10.3. The molecule has 0 aromatic heterocycles. The molecule has 3 aromatic rings. The maximum absolute atomic E-state index is 11.4. The number of fused-ring (bicyclic) bond motifs is 6. The van der Waals surface area contributed by atoms with Gasteiger partial charge in [-0.15, -0.1) is 0 Å². The van der Waals surface area contributed by atoms with Crippen molar-refractivity contribution >= 4 is 5.97 Å². The lowest BCUT2D eigenvalue weighted by Crippen LogP contribution is -2.08. The van der Waals surface area contributed by atoms with Crippen LogP contribution in [-0.2, 0) is 24.2 Å². The summed E-state index contributed by atoms with van der Waals surface area (Å²) in [5.74, 6) is 0.457. The van der Waals surface area contributed by atoms with Crippen molar-refractivity contribution in [3.05, 3.63) is 82.4 Å². The average Bonchev–Trinajstić information content (AvgIpc) is 2.76. The Hall–Kier alpha value is -3.78. The lowest BCUT2D eigenvalue weighted by Gasteiger charge is -2.18. The fourth-order valence-corrected chi connectivity index (χ4v) is 3.92. The van der Waals surface area contributed by atoms with Crippen molar-refractivity contribution in [2.75, 3.05) is 6.61 Å². The molecule has 31 heavy (non-hydrogen) atoms. The molecular weight excluding hydrogens is 390 g/mol. The zero-order chi connectivity index (χ0) is 21.8. The molecule has 0 radical (unpaired) electrons. The van der Waals surface area contributed by atoms with Crippen LogP contribution in [0.15, 0.2) is 54.6 Å². The highest BCUT2D eigenvalue weighted by Crippen LogP contribution is 2.33. The topological polar surface area (TPSA) is 79.5 Å². The number of ether oxygens (including phenoxy) is 2. The van der Waals surface area contributed by atoms with E-state index in [-0.39, 0.29) is 6.42 Å². The van der Waals surface area contributed by atoms with Gasteiger partial charge < -0.3 is 14.6 Å². The molecule has 5 nitrogen and oxygen atoms in total. The van der Waals surface area contributed by atoms with E-state index < -0.39 is 5.97 Å². The van der Waals surface area contributed by atoms with Crippen LogP contribution in [0.5, 0.6) is 11.5 Å². The number of benzene rings is 3. The van der Waals surface area contributed by atoms with Crippen LogP contribution in [0, 0.1) is 18.3 Å². The predicted molar refractivity (Wildman–Crippen MR) is 117 cm³/mol. The van der Waals surface area contributed by atoms with Gasteiger partial charge >= 0.3 is 5.97 Å². The molecule has 4 rings (SSSR count). The molecule has 0 unspecified atom stereocenters. The summed E-state index contributed by atoms with van der Waals surface area (Å²) in [7, 11) is 0. The third-order valence-corrected chi connectivity index (χ3v) is 5.47. The van der Waals surface area contributed by atoms with Crippen LogP contribution in [0.2, 0.25) is 0 Å². The van der Waals surface area contributed by atoms with Crippen molar-refractivity contribution in [2.45, 2.75) is 32.8 Å². The molecule has 0 aliphatic carbocycles. The van der Waals surface area contributed by atoms with Gasteiger partial charge in [-0.1, -0.05) is 24.3 Å². The minimum absolute atomic E-state index is 0.0893. The summed E-state index contributed by atoms with van der Waals surface area (Å²) in [6.07, 6.45) is 1.39. The molecule has 0 fully saturated rings. The first-order chi connectivity index (χ1) is 15.0. The zero-order valence-corrected chi connectivity index (χ0v) is 17.4. The summed E-state index contributed by atoms with van der Waals surface area (Å²) < 4.78 is 12.1. The normalized spacial score (nSPS) is 13.0. The van der Waals surface area contributed by atoms with Crippen molar-refractivity contribution in [1.29, 1.82) is 5.26 Å². The number of aliphatic carboxylic acids is 1. The number of nitrogens with zero attached hydrogens (tertiary/aromatic N) is 1. The molecule has 4 bridgehead atoms. The third kappa shape index (κ3) is 4.70. The molecule has 1 aliphatic rings. The Balaban J connectivity index is 1.76. The molecule has 3 aromatic carbocycles. The van der Waals surface area contributed by atoms with E-state index >= 15 is 0 Å². The number of carboxylic acids is 1. The van der Waals surface area contributed by atoms with Crippen LogP contribution in [0.4, 0.5) is 0 Å². The van der Waals surface area contributed by atoms with Gasteiger partial charge in [-0.05, 0) is 77.9 Å². The van der Waals surface area contributed by atoms with Gasteiger partial charge in [0, 0.05) is 5.56 Å². The quantitative estimate of drug-likeness (QED) is 0.635. The standard InChI is InChI=1S/C26H23NO4/c1-17-10-22(13-26(28)29)25-14-24(17)20-4-2-6-23(12-20)31-16-21-8-7-18(15-27)11-19(21)5-3-9-30-25/h2,4,6-8,10-12,14H,3,5,9,13,16H2,1H3,(H,28,29). The Bertz CT molecular complexity index is 1180. The number of hydrogen-bond acceptors (Lipinski definition) is 4. The minimum atomic E-state index is -0.889. The summed E-state index contributed by atoms with van der Waals surface area (Å²) in [5.41, 5.74) is 6.36. The van der Waals surface area contributed by atoms with Crippen LogP contribution in [0.25, 0.3) is 11.1 Å². The zero-order valence-electron chi connectivity index (χ0n) is 17.4. The molecule has 1 N–H and O–H groups in total. The fourth-order valence-electron chi connectivity index (χ4n) is 3.92. The molecule has 1 heterocycles. The summed E-state index contributed by atoms with van der Waals surface area (Å²) >= 11 is 0. The summed E-state index contributed by atoms with van der Waals surface area (Å²) in [6, 6.07) is 19.5. The van der Waals surface area contributed by atoms with Crippen LogP contribution in [-0.4, -0.2) is 17.7 Å². The second-order valence-corrected chi connectivity index (χ2v) is 7.71. The number of nitriles is 1. The first-order valence-corrected chi connectivity index (χ1v) is 10.3. The van der Waals surface area contributed by atoms with Crippen LogP contribution >= 0.6 is 0 Å². The van der Waals surface area contributed by atoms with Crippen molar-refractivity contribution < 1.29 is 19.4 Å². The summed E-state index contributed by atoms with van der Waals surface area (Å²) in [4.78, 5) is 11.4. The molecule has 0 atom stereocenters. The number of hydrogen-bond donors (Lipinski definition) is 1. The SMILES string of the molecule is Cc1cc(CC(=O)O)c2cc1-c1cccc(c1)OCc1ccc(C#N)cc1CCCO2. The van der Waals surface area contributed by atoms with E-state index in [9.17, 15) is 15.2 Å². The Labute approximate surface area is 181 Å². The van der Waals surface area contributed by atoms with Crippen molar-refractivity contribution in [3.63, 3.8) is 0 Å². The van der Waals surface area contributed by atoms with E-state index in [0.29, 0.717) is 30.1 Å². The smallest absolute Gasteiger partial charge is 0.307 e. The first kappa shape index (κ1) is 20.5. The van der Waals surface area contributed by atoms with Gasteiger partial charge in [0.15, 0.2) is 0 Å². The largest absolute Gasteiger partial charge is 0.493 e. The van der Waals surface area contributed by atoms with Crippen LogP contribution < -0.4 is 9.47 Å².